The molecule has 0 aliphatic rings. The number of nitrogens with zero attached hydrogens (tertiary/aromatic N) is 3. The summed E-state index contributed by atoms with van der Waals surface area (Å²) in [5.41, 5.74) is 1.74. The summed E-state index contributed by atoms with van der Waals surface area (Å²) in [4.78, 5) is 12.6. The maximum absolute atomic E-state index is 11.6. The lowest BCUT2D eigenvalue weighted by Crippen LogP contribution is -2.08. The van der Waals surface area contributed by atoms with E-state index in [-0.39, 0.29) is 5.91 Å². The van der Waals surface area contributed by atoms with E-state index in [1.165, 1.54) is 11.8 Å². The number of benzene rings is 1. The van der Waals surface area contributed by atoms with E-state index < -0.39 is 0 Å². The van der Waals surface area contributed by atoms with E-state index in [1.807, 2.05) is 49.7 Å². The fourth-order valence-electron chi connectivity index (χ4n) is 1.52. The Kier molecular flexibility index (Phi) is 4.57. The lowest BCUT2D eigenvalue weighted by molar-refractivity contribution is -0.111. The van der Waals surface area contributed by atoms with Gasteiger partial charge in [0.15, 0.2) is 5.16 Å². The standard InChI is InChI=1S/C14H16N4OS/c1-10(2)8-13(19)16-11-4-6-12(7-5-11)20-14-17-15-9-18(14)3/h4-9H,1-3H3,(H,16,19). The van der Waals surface area contributed by atoms with Gasteiger partial charge in [-0.15, -0.1) is 10.2 Å². The largest absolute Gasteiger partial charge is 0.323 e. The third kappa shape index (κ3) is 3.96. The van der Waals surface area contributed by atoms with Crippen molar-refractivity contribution in [1.82, 2.24) is 14.8 Å². The molecule has 0 aliphatic carbocycles. The van der Waals surface area contributed by atoms with Crippen LogP contribution in [0.4, 0.5) is 5.69 Å². The fourth-order valence-corrected chi connectivity index (χ4v) is 2.28. The molecule has 1 amide bonds. The minimum Gasteiger partial charge on any atom is -0.323 e. The average Bonchev–Trinajstić information content (AvgIpc) is 2.76. The Morgan fingerprint density at radius 3 is 2.55 bits per heavy atom. The van der Waals surface area contributed by atoms with E-state index in [4.69, 9.17) is 0 Å². The summed E-state index contributed by atoms with van der Waals surface area (Å²) < 4.78 is 1.86. The van der Waals surface area contributed by atoms with Crippen molar-refractivity contribution in [2.24, 2.45) is 7.05 Å². The number of nitrogens with one attached hydrogen (secondary N) is 1. The normalized spacial score (nSPS) is 10.2. The predicted octanol–water partition coefficient (Wildman–Crippen LogP) is 2.87. The van der Waals surface area contributed by atoms with Crippen molar-refractivity contribution in [3.63, 3.8) is 0 Å². The van der Waals surface area contributed by atoms with E-state index in [2.05, 4.69) is 15.5 Å². The van der Waals surface area contributed by atoms with Crippen LogP contribution in [-0.4, -0.2) is 20.7 Å². The topological polar surface area (TPSA) is 59.8 Å². The lowest BCUT2D eigenvalue weighted by Gasteiger charge is -2.04. The maximum Gasteiger partial charge on any atom is 0.248 e. The first-order valence-electron chi connectivity index (χ1n) is 6.12. The van der Waals surface area contributed by atoms with Gasteiger partial charge < -0.3 is 9.88 Å². The SMILES string of the molecule is CC(C)=CC(=O)Nc1ccc(Sc2nncn2C)cc1. The first-order valence-corrected chi connectivity index (χ1v) is 6.94. The number of hydrogen-bond donors (Lipinski definition) is 1. The summed E-state index contributed by atoms with van der Waals surface area (Å²) >= 11 is 1.52. The lowest BCUT2D eigenvalue weighted by atomic mass is 10.3. The highest BCUT2D eigenvalue weighted by Gasteiger charge is 2.04. The van der Waals surface area contributed by atoms with Crippen molar-refractivity contribution < 1.29 is 4.79 Å². The fraction of sp³-hybridized carbons (Fsp3) is 0.214. The van der Waals surface area contributed by atoms with Crippen LogP contribution in [-0.2, 0) is 11.8 Å². The van der Waals surface area contributed by atoms with Gasteiger partial charge in [0.05, 0.1) is 0 Å². The van der Waals surface area contributed by atoms with E-state index in [0.29, 0.717) is 0 Å². The Labute approximate surface area is 122 Å². The van der Waals surface area contributed by atoms with E-state index >= 15 is 0 Å². The van der Waals surface area contributed by atoms with Gasteiger partial charge in [0, 0.05) is 23.7 Å². The Morgan fingerprint density at radius 2 is 2.00 bits per heavy atom. The van der Waals surface area contributed by atoms with Crippen molar-refractivity contribution in [1.29, 1.82) is 0 Å². The number of carbonyl (C=O) groups is 1. The number of rotatable bonds is 4. The molecule has 0 radical (unpaired) electrons. The number of aryl methyl sites for hydroxylation is 1. The van der Waals surface area contributed by atoms with Gasteiger partial charge in [0.25, 0.3) is 0 Å². The molecule has 0 spiro atoms. The molecule has 1 N–H and O–H groups in total. The van der Waals surface area contributed by atoms with Crippen LogP contribution in [0.3, 0.4) is 0 Å². The van der Waals surface area contributed by atoms with Crippen molar-refractivity contribution in [3.8, 4) is 0 Å². The van der Waals surface area contributed by atoms with Crippen LogP contribution in [0.15, 0.2) is 52.3 Å². The highest BCUT2D eigenvalue weighted by Crippen LogP contribution is 2.26. The van der Waals surface area contributed by atoms with Crippen molar-refractivity contribution >= 4 is 23.4 Å². The summed E-state index contributed by atoms with van der Waals surface area (Å²) in [6.07, 6.45) is 3.23. The second kappa shape index (κ2) is 6.38. The van der Waals surface area contributed by atoms with Crippen LogP contribution < -0.4 is 5.32 Å². The zero-order valence-electron chi connectivity index (χ0n) is 11.6. The predicted molar refractivity (Wildman–Crippen MR) is 79.6 cm³/mol. The van der Waals surface area contributed by atoms with Crippen LogP contribution in [0.1, 0.15) is 13.8 Å². The van der Waals surface area contributed by atoms with Crippen LogP contribution in [0, 0.1) is 0 Å². The average molecular weight is 288 g/mol. The molecule has 2 rings (SSSR count). The summed E-state index contributed by atoms with van der Waals surface area (Å²) in [6, 6.07) is 7.62. The van der Waals surface area contributed by atoms with E-state index in [9.17, 15) is 4.79 Å². The first-order chi connectivity index (χ1) is 9.54. The number of aromatic nitrogens is 3. The molecule has 0 saturated carbocycles. The van der Waals surface area contributed by atoms with E-state index in [0.717, 1.165) is 21.3 Å². The van der Waals surface area contributed by atoms with Gasteiger partial charge in [-0.1, -0.05) is 5.57 Å². The minimum absolute atomic E-state index is 0.112. The molecule has 1 aromatic carbocycles. The molecule has 0 fully saturated rings. The number of hydrogen-bond acceptors (Lipinski definition) is 4. The maximum atomic E-state index is 11.6. The Bertz CT molecular complexity index is 627. The monoisotopic (exact) mass is 288 g/mol. The quantitative estimate of drug-likeness (QED) is 0.879. The molecule has 0 bridgehead atoms. The zero-order chi connectivity index (χ0) is 14.5. The van der Waals surface area contributed by atoms with Crippen LogP contribution in [0.25, 0.3) is 0 Å². The first kappa shape index (κ1) is 14.3. The molecular weight excluding hydrogens is 272 g/mol. The van der Waals surface area contributed by atoms with Crippen LogP contribution in [0.2, 0.25) is 0 Å². The van der Waals surface area contributed by atoms with Gasteiger partial charge in [-0.05, 0) is 49.9 Å². The molecule has 1 aromatic heterocycles. The molecule has 1 heterocycles. The molecule has 20 heavy (non-hydrogen) atoms. The smallest absolute Gasteiger partial charge is 0.248 e. The van der Waals surface area contributed by atoms with Gasteiger partial charge in [-0.2, -0.15) is 0 Å². The molecule has 104 valence electrons. The third-order valence-electron chi connectivity index (χ3n) is 2.42. The van der Waals surface area contributed by atoms with Gasteiger partial charge in [0.2, 0.25) is 5.91 Å². The van der Waals surface area contributed by atoms with Gasteiger partial charge >= 0.3 is 0 Å². The molecule has 0 atom stereocenters. The highest BCUT2D eigenvalue weighted by atomic mass is 32.2. The molecule has 2 aromatic rings. The number of allylic oxidation sites excluding steroid dienone is 1. The number of carbonyl (C=O) groups excluding carboxylic acids is 1. The van der Waals surface area contributed by atoms with Crippen molar-refractivity contribution in [2.75, 3.05) is 5.32 Å². The number of amides is 1. The summed E-state index contributed by atoms with van der Waals surface area (Å²) in [7, 11) is 1.90. The van der Waals surface area contributed by atoms with E-state index in [1.54, 1.807) is 12.4 Å². The van der Waals surface area contributed by atoms with Gasteiger partial charge in [0.1, 0.15) is 6.33 Å². The Balaban J connectivity index is 2.01. The summed E-state index contributed by atoms with van der Waals surface area (Å²) in [5.74, 6) is -0.112. The third-order valence-corrected chi connectivity index (χ3v) is 3.48. The summed E-state index contributed by atoms with van der Waals surface area (Å²) in [5, 5.41) is 11.5. The van der Waals surface area contributed by atoms with Crippen molar-refractivity contribution in [2.45, 2.75) is 23.9 Å². The second-order valence-electron chi connectivity index (χ2n) is 4.56. The summed E-state index contributed by atoms with van der Waals surface area (Å²) in [6.45, 7) is 3.78. The zero-order valence-corrected chi connectivity index (χ0v) is 12.4. The van der Waals surface area contributed by atoms with Gasteiger partial charge in [-0.25, -0.2) is 0 Å². The highest BCUT2D eigenvalue weighted by molar-refractivity contribution is 7.99. The molecule has 6 heteroatoms. The molecule has 0 unspecified atom stereocenters. The molecular formula is C14H16N4OS. The Hall–Kier alpha value is -2.08. The molecule has 5 nitrogen and oxygen atoms in total. The number of anilines is 1. The second-order valence-corrected chi connectivity index (χ2v) is 5.60. The Morgan fingerprint density at radius 1 is 1.30 bits per heavy atom. The molecule has 0 aliphatic heterocycles. The van der Waals surface area contributed by atoms with Crippen LogP contribution in [0.5, 0.6) is 0 Å². The van der Waals surface area contributed by atoms with Gasteiger partial charge in [-0.3, -0.25) is 4.79 Å². The van der Waals surface area contributed by atoms with Crippen molar-refractivity contribution in [3.05, 3.63) is 42.2 Å². The van der Waals surface area contributed by atoms with Crippen LogP contribution >= 0.6 is 11.8 Å². The minimum atomic E-state index is -0.112. The molecule has 0 saturated heterocycles.